The molecule has 2 saturated heterocycles. The molecular weight excluding hydrogens is 348 g/mol. The maximum Gasteiger partial charge on any atom is 0.329 e. The highest BCUT2D eigenvalue weighted by Gasteiger charge is 2.40. The Bertz CT molecular complexity index is 718. The van der Waals surface area contributed by atoms with Crippen LogP contribution in [0.2, 0.25) is 0 Å². The summed E-state index contributed by atoms with van der Waals surface area (Å²) in [7, 11) is 0. The summed E-state index contributed by atoms with van der Waals surface area (Å²) in [5.41, 5.74) is 1.24. The third-order valence-corrected chi connectivity index (χ3v) is 5.62. The van der Waals surface area contributed by atoms with E-state index in [-0.39, 0.29) is 18.0 Å². The quantitative estimate of drug-likeness (QED) is 0.522. The second-order valence-corrected chi connectivity index (χ2v) is 7.58. The molecule has 8 heteroatoms. The van der Waals surface area contributed by atoms with Gasteiger partial charge in [-0.25, -0.2) is 9.69 Å². The van der Waals surface area contributed by atoms with Crippen molar-refractivity contribution in [2.75, 3.05) is 39.6 Å². The fourth-order valence-corrected chi connectivity index (χ4v) is 4.07. The van der Waals surface area contributed by atoms with Gasteiger partial charge in [-0.15, -0.1) is 0 Å². The predicted molar refractivity (Wildman–Crippen MR) is 96.6 cm³/mol. The van der Waals surface area contributed by atoms with Crippen LogP contribution >= 0.6 is 0 Å². The van der Waals surface area contributed by atoms with E-state index in [4.69, 9.17) is 9.47 Å². The molecule has 1 aromatic rings. The van der Waals surface area contributed by atoms with Crippen LogP contribution in [0.25, 0.3) is 0 Å². The largest absolute Gasteiger partial charge is 0.454 e. The van der Waals surface area contributed by atoms with Crippen molar-refractivity contribution < 1.29 is 28.9 Å². The molecule has 2 fully saturated rings. The van der Waals surface area contributed by atoms with Gasteiger partial charge in [0.1, 0.15) is 38.8 Å². The number of ether oxygens (including phenoxy) is 2. The minimum Gasteiger partial charge on any atom is -0.454 e. The first-order chi connectivity index (χ1) is 13.1. The Hall–Kier alpha value is -2.32. The Balaban J connectivity index is 1.27. The maximum absolute atomic E-state index is 12.4. The van der Waals surface area contributed by atoms with Crippen LogP contribution in [-0.4, -0.2) is 62.5 Å². The molecule has 4 rings (SSSR count). The van der Waals surface area contributed by atoms with Crippen molar-refractivity contribution in [1.29, 1.82) is 0 Å². The summed E-state index contributed by atoms with van der Waals surface area (Å²) in [6, 6.07) is 5.57. The number of nitrogens with one attached hydrogen (secondary N) is 3. The van der Waals surface area contributed by atoms with E-state index in [1.54, 1.807) is 0 Å². The van der Waals surface area contributed by atoms with Crippen LogP contribution < -0.4 is 24.6 Å². The Morgan fingerprint density at radius 2 is 1.85 bits per heavy atom. The van der Waals surface area contributed by atoms with Crippen molar-refractivity contribution in [2.45, 2.75) is 32.4 Å². The molecule has 3 aliphatic rings. The summed E-state index contributed by atoms with van der Waals surface area (Å²) in [5, 5.41) is 2.80. The molecule has 27 heavy (non-hydrogen) atoms. The van der Waals surface area contributed by atoms with Gasteiger partial charge in [0.15, 0.2) is 18.2 Å². The Labute approximate surface area is 159 Å². The Morgan fingerprint density at radius 1 is 1.11 bits per heavy atom. The lowest BCUT2D eigenvalue weighted by Gasteiger charge is -2.31. The zero-order valence-electron chi connectivity index (χ0n) is 15.8. The highest BCUT2D eigenvalue weighted by atomic mass is 16.7. The molecule has 0 saturated carbocycles. The summed E-state index contributed by atoms with van der Waals surface area (Å²) in [6.07, 6.45) is 1.60. The van der Waals surface area contributed by atoms with E-state index < -0.39 is 0 Å². The lowest BCUT2D eigenvalue weighted by atomic mass is 10.1. The molecule has 3 heterocycles. The minimum atomic E-state index is -0.333. The summed E-state index contributed by atoms with van der Waals surface area (Å²) < 4.78 is 10.8. The van der Waals surface area contributed by atoms with Crippen LogP contribution in [0.5, 0.6) is 11.5 Å². The van der Waals surface area contributed by atoms with Crippen LogP contribution in [0, 0.1) is 0 Å². The molecule has 0 radical (unpaired) electrons. The van der Waals surface area contributed by atoms with E-state index in [0.29, 0.717) is 19.9 Å². The summed E-state index contributed by atoms with van der Waals surface area (Å²) in [6.45, 7) is 7.70. The number of carbonyl (C=O) groups is 2. The highest BCUT2D eigenvalue weighted by Crippen LogP contribution is 2.32. The van der Waals surface area contributed by atoms with Crippen molar-refractivity contribution in [2.24, 2.45) is 0 Å². The highest BCUT2D eigenvalue weighted by molar-refractivity contribution is 6.03. The second-order valence-electron chi connectivity index (χ2n) is 7.58. The normalized spacial score (nSPS) is 27.1. The van der Waals surface area contributed by atoms with E-state index in [0.717, 1.165) is 50.6 Å². The van der Waals surface area contributed by atoms with Gasteiger partial charge in [0.2, 0.25) is 6.79 Å². The molecule has 1 aromatic carbocycles. The van der Waals surface area contributed by atoms with Gasteiger partial charge in [-0.05, 0) is 24.6 Å². The number of piperazine rings is 1. The number of fused-ring (bicyclic) bond motifs is 1. The van der Waals surface area contributed by atoms with Crippen LogP contribution in [0.4, 0.5) is 4.79 Å². The monoisotopic (exact) mass is 376 g/mol. The summed E-state index contributed by atoms with van der Waals surface area (Å²) in [5.74, 6) is 1.58. The third kappa shape index (κ3) is 3.86. The molecule has 1 atom stereocenters. The van der Waals surface area contributed by atoms with Gasteiger partial charge in [-0.1, -0.05) is 13.3 Å². The first kappa shape index (κ1) is 18.1. The van der Waals surface area contributed by atoms with Crippen molar-refractivity contribution in [3.8, 4) is 11.5 Å². The van der Waals surface area contributed by atoms with Crippen molar-refractivity contribution in [3.05, 3.63) is 23.8 Å². The average Bonchev–Trinajstić information content (AvgIpc) is 3.23. The lowest BCUT2D eigenvalue weighted by Crippen LogP contribution is -3.28. The van der Waals surface area contributed by atoms with E-state index in [1.807, 2.05) is 13.0 Å². The molecule has 0 aromatic heterocycles. The number of benzene rings is 1. The van der Waals surface area contributed by atoms with Gasteiger partial charge in [-0.3, -0.25) is 4.79 Å². The van der Waals surface area contributed by atoms with E-state index in [9.17, 15) is 9.59 Å². The number of quaternary nitrogens is 2. The molecule has 146 valence electrons. The van der Waals surface area contributed by atoms with Gasteiger partial charge >= 0.3 is 6.03 Å². The van der Waals surface area contributed by atoms with Crippen molar-refractivity contribution >= 4 is 11.9 Å². The van der Waals surface area contributed by atoms with E-state index >= 15 is 0 Å². The molecule has 3 N–H and O–H groups in total. The number of hydrogen-bond acceptors (Lipinski definition) is 4. The van der Waals surface area contributed by atoms with Gasteiger partial charge in [0.05, 0.1) is 0 Å². The Kier molecular flexibility index (Phi) is 5.18. The van der Waals surface area contributed by atoms with Crippen LogP contribution in [0.15, 0.2) is 18.2 Å². The fraction of sp³-hybridized carbons (Fsp3) is 0.579. The molecule has 8 nitrogen and oxygen atoms in total. The van der Waals surface area contributed by atoms with Crippen molar-refractivity contribution in [3.63, 3.8) is 0 Å². The van der Waals surface area contributed by atoms with Crippen molar-refractivity contribution in [1.82, 2.24) is 10.2 Å². The Morgan fingerprint density at radius 3 is 2.63 bits per heavy atom. The number of amides is 3. The summed E-state index contributed by atoms with van der Waals surface area (Å²) in [4.78, 5) is 28.7. The fourth-order valence-electron chi connectivity index (χ4n) is 4.07. The number of rotatable bonds is 6. The average molecular weight is 376 g/mol. The lowest BCUT2D eigenvalue weighted by molar-refractivity contribution is -1.02. The molecule has 3 aliphatic heterocycles. The first-order valence-corrected chi connectivity index (χ1v) is 9.81. The number of nitrogens with zero attached hydrogens (tertiary/aromatic N) is 1. The maximum atomic E-state index is 12.4. The van der Waals surface area contributed by atoms with Gasteiger partial charge in [-0.2, -0.15) is 0 Å². The van der Waals surface area contributed by atoms with E-state index in [1.165, 1.54) is 20.3 Å². The first-order valence-electron chi connectivity index (χ1n) is 9.81. The molecular formula is C19H28N4O4+2. The van der Waals surface area contributed by atoms with Gasteiger partial charge < -0.3 is 24.6 Å². The third-order valence-electron chi connectivity index (χ3n) is 5.62. The smallest absolute Gasteiger partial charge is 0.329 e. The SMILES string of the molecule is CCC[C@@H]1NC(=O)N(C[NH+]2CC[NH+](Cc3ccc4c(c3)OCO4)CC2)C1=O. The zero-order chi connectivity index (χ0) is 18.8. The molecule has 0 bridgehead atoms. The van der Waals surface area contributed by atoms with E-state index in [2.05, 4.69) is 17.4 Å². The number of carbonyl (C=O) groups excluding carboxylic acids is 2. The van der Waals surface area contributed by atoms with Crippen LogP contribution in [-0.2, 0) is 11.3 Å². The molecule has 3 amide bonds. The zero-order valence-corrected chi connectivity index (χ0v) is 15.8. The molecule has 0 aliphatic carbocycles. The van der Waals surface area contributed by atoms with Crippen LogP contribution in [0.3, 0.4) is 0 Å². The van der Waals surface area contributed by atoms with Gasteiger partial charge in [0, 0.05) is 5.56 Å². The second kappa shape index (κ2) is 7.74. The standard InChI is InChI=1S/C19H26N4O4/c1-2-3-15-18(24)23(19(25)20-15)12-22-8-6-21(7-9-22)11-14-4-5-16-17(10-14)27-13-26-16/h4-5,10,15H,2-3,6-9,11-13H2,1H3,(H,20,25)/p+2/t15-/m0/s1. The topological polar surface area (TPSA) is 76.8 Å². The number of imide groups is 1. The predicted octanol–water partition coefficient (Wildman–Crippen LogP) is -1.62. The van der Waals surface area contributed by atoms with Crippen LogP contribution in [0.1, 0.15) is 25.3 Å². The minimum absolute atomic E-state index is 0.0653. The number of hydrogen-bond donors (Lipinski definition) is 3. The molecule has 0 unspecified atom stereocenters. The molecule has 0 spiro atoms. The summed E-state index contributed by atoms with van der Waals surface area (Å²) >= 11 is 0. The number of urea groups is 1. The van der Waals surface area contributed by atoms with Gasteiger partial charge in [0.25, 0.3) is 5.91 Å².